The molecule has 8 nitrogen and oxygen atoms in total. The number of nitrogens with one attached hydrogen (secondary N) is 2. The number of ketones is 1. The lowest BCUT2D eigenvalue weighted by Crippen LogP contribution is -2.53. The average molecular weight is 517 g/mol. The monoisotopic (exact) mass is 516 g/mol. The topological polar surface area (TPSA) is 107 Å². The van der Waals surface area contributed by atoms with Crippen LogP contribution in [0.1, 0.15) is 44.4 Å². The van der Waals surface area contributed by atoms with Crippen molar-refractivity contribution in [3.8, 4) is 0 Å². The Morgan fingerprint density at radius 2 is 1.89 bits per heavy atom. The summed E-state index contributed by atoms with van der Waals surface area (Å²) in [5, 5.41) is 5.58. The third-order valence-corrected chi connectivity index (χ3v) is 6.77. The lowest BCUT2D eigenvalue weighted by atomic mass is 10.00. The molecule has 2 unspecified atom stereocenters. The second kappa shape index (κ2) is 14.7. The lowest BCUT2D eigenvalue weighted by Gasteiger charge is -2.24. The molecule has 0 aliphatic carbocycles. The molecule has 1 aliphatic heterocycles. The SMILES string of the molecule is CC(C)CC(NC(=O)OCC1CCCO1)C(=O)N[C@@H](Cc1ccccc1)C(=O)CSCc1ccco1. The van der Waals surface area contributed by atoms with Gasteiger partial charge in [0.1, 0.15) is 18.4 Å². The van der Waals surface area contributed by atoms with Crippen LogP contribution in [0.3, 0.4) is 0 Å². The van der Waals surface area contributed by atoms with Gasteiger partial charge in [-0.3, -0.25) is 9.59 Å². The highest BCUT2D eigenvalue weighted by molar-refractivity contribution is 7.99. The highest BCUT2D eigenvalue weighted by Crippen LogP contribution is 2.15. The fourth-order valence-electron chi connectivity index (χ4n) is 3.95. The molecular weight excluding hydrogens is 480 g/mol. The largest absolute Gasteiger partial charge is 0.468 e. The molecule has 1 aliphatic rings. The van der Waals surface area contributed by atoms with Crippen molar-refractivity contribution in [2.45, 2.75) is 63.5 Å². The number of carbonyl (C=O) groups excluding carboxylic acids is 3. The van der Waals surface area contributed by atoms with Gasteiger partial charge < -0.3 is 24.5 Å². The van der Waals surface area contributed by atoms with E-state index in [4.69, 9.17) is 13.9 Å². The van der Waals surface area contributed by atoms with Gasteiger partial charge in [0, 0.05) is 6.61 Å². The Morgan fingerprint density at radius 3 is 2.56 bits per heavy atom. The quantitative estimate of drug-likeness (QED) is 0.389. The van der Waals surface area contributed by atoms with Crippen LogP contribution in [0.15, 0.2) is 53.1 Å². The molecule has 36 heavy (non-hydrogen) atoms. The molecule has 0 saturated carbocycles. The van der Waals surface area contributed by atoms with E-state index in [1.165, 1.54) is 11.8 Å². The molecule has 0 radical (unpaired) electrons. The molecule has 2 aromatic rings. The summed E-state index contributed by atoms with van der Waals surface area (Å²) in [7, 11) is 0. The number of carbonyl (C=O) groups is 3. The van der Waals surface area contributed by atoms with Crippen molar-refractivity contribution in [3.63, 3.8) is 0 Å². The van der Waals surface area contributed by atoms with Gasteiger partial charge in [-0.05, 0) is 49.3 Å². The predicted molar refractivity (Wildman–Crippen MR) is 139 cm³/mol. The van der Waals surface area contributed by atoms with Crippen LogP contribution in [0.2, 0.25) is 0 Å². The number of amides is 2. The van der Waals surface area contributed by atoms with E-state index in [1.807, 2.05) is 56.3 Å². The summed E-state index contributed by atoms with van der Waals surface area (Å²) in [6, 6.07) is 11.7. The number of hydrogen-bond donors (Lipinski definition) is 2. The molecule has 196 valence electrons. The second-order valence-electron chi connectivity index (χ2n) is 9.35. The van der Waals surface area contributed by atoms with Gasteiger partial charge in [0.15, 0.2) is 5.78 Å². The molecule has 1 aromatic heterocycles. The van der Waals surface area contributed by atoms with Crippen molar-refractivity contribution in [1.82, 2.24) is 10.6 Å². The smallest absolute Gasteiger partial charge is 0.407 e. The van der Waals surface area contributed by atoms with Crippen molar-refractivity contribution < 1.29 is 28.3 Å². The van der Waals surface area contributed by atoms with Crippen LogP contribution < -0.4 is 10.6 Å². The van der Waals surface area contributed by atoms with E-state index < -0.39 is 24.1 Å². The van der Waals surface area contributed by atoms with Gasteiger partial charge >= 0.3 is 6.09 Å². The molecule has 3 rings (SSSR count). The van der Waals surface area contributed by atoms with Crippen LogP contribution in [0.5, 0.6) is 0 Å². The van der Waals surface area contributed by atoms with E-state index in [0.717, 1.165) is 24.2 Å². The number of hydrogen-bond acceptors (Lipinski definition) is 7. The van der Waals surface area contributed by atoms with Crippen LogP contribution in [0.25, 0.3) is 0 Å². The highest BCUT2D eigenvalue weighted by atomic mass is 32.2. The van der Waals surface area contributed by atoms with Gasteiger partial charge in [0.25, 0.3) is 0 Å². The van der Waals surface area contributed by atoms with Crippen LogP contribution in [0, 0.1) is 5.92 Å². The zero-order valence-corrected chi connectivity index (χ0v) is 21.8. The number of benzene rings is 1. The maximum Gasteiger partial charge on any atom is 0.407 e. The summed E-state index contributed by atoms with van der Waals surface area (Å²) in [4.78, 5) is 38.8. The Hall–Kier alpha value is -2.78. The molecule has 1 saturated heterocycles. The zero-order chi connectivity index (χ0) is 25.8. The number of alkyl carbamates (subject to hydrolysis) is 1. The van der Waals surface area contributed by atoms with Crippen molar-refractivity contribution in [2.24, 2.45) is 5.92 Å². The first-order chi connectivity index (χ1) is 17.4. The van der Waals surface area contributed by atoms with Gasteiger partial charge in [0.2, 0.25) is 5.91 Å². The van der Waals surface area contributed by atoms with Gasteiger partial charge in [-0.1, -0.05) is 44.2 Å². The predicted octanol–water partition coefficient (Wildman–Crippen LogP) is 4.13. The summed E-state index contributed by atoms with van der Waals surface area (Å²) in [5.74, 6) is 1.24. The molecule has 0 bridgehead atoms. The molecule has 1 aromatic carbocycles. The maximum atomic E-state index is 13.3. The van der Waals surface area contributed by atoms with Gasteiger partial charge in [0.05, 0.1) is 29.9 Å². The van der Waals surface area contributed by atoms with Gasteiger partial charge in [-0.15, -0.1) is 11.8 Å². The van der Waals surface area contributed by atoms with Crippen molar-refractivity contribution in [3.05, 3.63) is 60.1 Å². The maximum absolute atomic E-state index is 13.3. The lowest BCUT2D eigenvalue weighted by molar-refractivity contribution is -0.128. The summed E-state index contributed by atoms with van der Waals surface area (Å²) in [6.45, 7) is 4.77. The first-order valence-corrected chi connectivity index (χ1v) is 13.6. The Labute approximate surface area is 216 Å². The third-order valence-electron chi connectivity index (χ3n) is 5.80. The van der Waals surface area contributed by atoms with Crippen LogP contribution in [-0.4, -0.2) is 54.9 Å². The van der Waals surface area contributed by atoms with E-state index in [1.54, 1.807) is 6.26 Å². The second-order valence-corrected chi connectivity index (χ2v) is 10.3. The molecule has 3 atom stereocenters. The Kier molecular flexibility index (Phi) is 11.4. The summed E-state index contributed by atoms with van der Waals surface area (Å²) in [5.41, 5.74) is 0.941. The van der Waals surface area contributed by atoms with Gasteiger partial charge in [-0.2, -0.15) is 0 Å². The van der Waals surface area contributed by atoms with E-state index in [9.17, 15) is 14.4 Å². The minimum atomic E-state index is -0.816. The number of rotatable bonds is 14. The molecule has 9 heteroatoms. The highest BCUT2D eigenvalue weighted by Gasteiger charge is 2.28. The molecule has 2 amide bonds. The summed E-state index contributed by atoms with van der Waals surface area (Å²) >= 11 is 1.44. The minimum absolute atomic E-state index is 0.0898. The van der Waals surface area contributed by atoms with E-state index in [0.29, 0.717) is 25.2 Å². The minimum Gasteiger partial charge on any atom is -0.468 e. The first-order valence-electron chi connectivity index (χ1n) is 12.4. The number of furan rings is 1. The Balaban J connectivity index is 1.61. The zero-order valence-electron chi connectivity index (χ0n) is 20.9. The van der Waals surface area contributed by atoms with Crippen molar-refractivity contribution >= 4 is 29.5 Å². The fourth-order valence-corrected chi connectivity index (χ4v) is 4.82. The van der Waals surface area contributed by atoms with Crippen molar-refractivity contribution in [1.29, 1.82) is 0 Å². The summed E-state index contributed by atoms with van der Waals surface area (Å²) in [6.07, 6.45) is 3.43. The average Bonchev–Trinajstić information content (AvgIpc) is 3.57. The Morgan fingerprint density at radius 1 is 1.08 bits per heavy atom. The van der Waals surface area contributed by atoms with Crippen LogP contribution in [-0.2, 0) is 31.2 Å². The molecule has 2 N–H and O–H groups in total. The molecule has 1 fully saturated rings. The van der Waals surface area contributed by atoms with Crippen LogP contribution >= 0.6 is 11.8 Å². The normalized spacial score (nSPS) is 16.9. The Bertz CT molecular complexity index is 944. The van der Waals surface area contributed by atoms with Gasteiger partial charge in [-0.25, -0.2) is 4.79 Å². The fraction of sp³-hybridized carbons (Fsp3) is 0.519. The number of thioether (sulfide) groups is 1. The van der Waals surface area contributed by atoms with E-state index in [2.05, 4.69) is 10.6 Å². The first kappa shape index (κ1) is 27.8. The number of Topliss-reactive ketones (excluding diaryl/α,β-unsaturated/α-hetero) is 1. The third kappa shape index (κ3) is 9.70. The molecule has 0 spiro atoms. The standard InChI is InChI=1S/C27H36N2O6S/c1-19(2)14-24(29-27(32)35-16-21-10-6-12-33-21)26(31)28-23(15-20-8-4-3-5-9-20)25(30)18-36-17-22-11-7-13-34-22/h3-5,7-9,11,13,19,21,23-24H,6,10,12,14-18H2,1-2H3,(H,28,31)(H,29,32)/t21?,23-,24?/m0/s1. The van der Waals surface area contributed by atoms with E-state index in [-0.39, 0.29) is 30.2 Å². The van der Waals surface area contributed by atoms with E-state index >= 15 is 0 Å². The summed E-state index contributed by atoms with van der Waals surface area (Å²) < 4.78 is 16.1. The number of ether oxygens (including phenoxy) is 2. The molecular formula is C27H36N2O6S. The van der Waals surface area contributed by atoms with Crippen molar-refractivity contribution in [2.75, 3.05) is 19.0 Å². The molecule has 2 heterocycles. The van der Waals surface area contributed by atoms with Crippen LogP contribution in [0.4, 0.5) is 4.79 Å².